The van der Waals surface area contributed by atoms with Crippen LogP contribution >= 0.6 is 0 Å². The zero-order chi connectivity index (χ0) is 19.9. The SMILES string of the molecule is CC(=O)O[C@]1(C(C)=O)[C@H](O)[C@@H](CO)O[C@@]1(C(C)=O)n1cnc(N)nc1=O. The Labute approximate surface area is 146 Å². The van der Waals surface area contributed by atoms with Crippen LogP contribution in [0.15, 0.2) is 11.1 Å². The average Bonchev–Trinajstić information content (AvgIpc) is 2.78. The van der Waals surface area contributed by atoms with Gasteiger partial charge >= 0.3 is 11.7 Å². The molecule has 1 saturated heterocycles. The van der Waals surface area contributed by atoms with E-state index in [-0.39, 0.29) is 0 Å². The number of ether oxygens (including phenoxy) is 2. The first-order valence-corrected chi connectivity index (χ1v) is 7.44. The normalized spacial score (nSPS) is 30.8. The van der Waals surface area contributed by atoms with Gasteiger partial charge in [0.05, 0.1) is 6.61 Å². The predicted molar refractivity (Wildman–Crippen MR) is 82.5 cm³/mol. The highest BCUT2D eigenvalue weighted by atomic mass is 16.6. The number of aliphatic hydroxyl groups is 2. The van der Waals surface area contributed by atoms with Crippen LogP contribution in [-0.4, -0.2) is 66.7 Å². The first-order valence-electron chi connectivity index (χ1n) is 7.44. The summed E-state index contributed by atoms with van der Waals surface area (Å²) in [6.45, 7) is 2.00. The monoisotopic (exact) mass is 370 g/mol. The number of aliphatic hydroxyl groups excluding tert-OH is 2. The maximum Gasteiger partial charge on any atom is 0.354 e. The van der Waals surface area contributed by atoms with Crippen LogP contribution in [0.2, 0.25) is 0 Å². The number of hydrogen-bond acceptors (Lipinski definition) is 11. The molecule has 0 aliphatic carbocycles. The van der Waals surface area contributed by atoms with Gasteiger partial charge in [-0.25, -0.2) is 14.3 Å². The van der Waals surface area contributed by atoms with Gasteiger partial charge in [-0.1, -0.05) is 0 Å². The summed E-state index contributed by atoms with van der Waals surface area (Å²) in [4.78, 5) is 56.1. The van der Waals surface area contributed by atoms with Crippen LogP contribution in [0, 0.1) is 0 Å². The van der Waals surface area contributed by atoms with Crippen molar-refractivity contribution in [2.75, 3.05) is 12.3 Å². The highest BCUT2D eigenvalue weighted by Gasteiger charge is 2.75. The van der Waals surface area contributed by atoms with E-state index < -0.39 is 59.3 Å². The van der Waals surface area contributed by atoms with Crippen LogP contribution < -0.4 is 11.4 Å². The minimum absolute atomic E-state index is 0.414. The van der Waals surface area contributed by atoms with E-state index in [1.807, 2.05) is 0 Å². The van der Waals surface area contributed by atoms with Crippen LogP contribution in [0.3, 0.4) is 0 Å². The molecule has 0 aromatic carbocycles. The molecular weight excluding hydrogens is 352 g/mol. The third-order valence-corrected chi connectivity index (χ3v) is 4.14. The van der Waals surface area contributed by atoms with Crippen LogP contribution in [0.4, 0.5) is 5.95 Å². The van der Waals surface area contributed by atoms with Crippen molar-refractivity contribution < 1.29 is 34.1 Å². The van der Waals surface area contributed by atoms with Gasteiger partial charge in [0.1, 0.15) is 18.5 Å². The lowest BCUT2D eigenvalue weighted by molar-refractivity contribution is -0.215. The molecule has 0 spiro atoms. The van der Waals surface area contributed by atoms with Crippen molar-refractivity contribution >= 4 is 23.5 Å². The molecule has 2 rings (SSSR count). The molecule has 1 aliphatic heterocycles. The third kappa shape index (κ3) is 2.50. The summed E-state index contributed by atoms with van der Waals surface area (Å²) >= 11 is 0. The number of esters is 1. The molecular formula is C14H18N4O8. The molecule has 26 heavy (non-hydrogen) atoms. The highest BCUT2D eigenvalue weighted by Crippen LogP contribution is 2.47. The number of aromatic nitrogens is 3. The third-order valence-electron chi connectivity index (χ3n) is 4.14. The lowest BCUT2D eigenvalue weighted by Gasteiger charge is -2.41. The van der Waals surface area contributed by atoms with Crippen LogP contribution in [0.5, 0.6) is 0 Å². The molecule has 1 aliphatic rings. The zero-order valence-corrected chi connectivity index (χ0v) is 14.2. The summed E-state index contributed by atoms with van der Waals surface area (Å²) in [5.41, 5.74) is -1.10. The number of Topliss-reactive ketones (excluding diaryl/α,β-unsaturated/α-hetero) is 2. The molecule has 4 N–H and O–H groups in total. The Morgan fingerprint density at radius 3 is 2.38 bits per heavy atom. The Kier molecular flexibility index (Phi) is 4.94. The largest absolute Gasteiger partial charge is 0.442 e. The van der Waals surface area contributed by atoms with E-state index in [1.165, 1.54) is 0 Å². The number of carbonyl (C=O) groups is 3. The second-order valence-electron chi connectivity index (χ2n) is 5.74. The topological polar surface area (TPSA) is 184 Å². The Morgan fingerprint density at radius 1 is 1.35 bits per heavy atom. The van der Waals surface area contributed by atoms with Gasteiger partial charge in [0.2, 0.25) is 5.95 Å². The summed E-state index contributed by atoms with van der Waals surface area (Å²) in [7, 11) is 0. The van der Waals surface area contributed by atoms with E-state index in [0.717, 1.165) is 27.1 Å². The smallest absolute Gasteiger partial charge is 0.354 e. The number of anilines is 1. The van der Waals surface area contributed by atoms with Gasteiger partial charge < -0.3 is 25.4 Å². The fraction of sp³-hybridized carbons (Fsp3) is 0.571. The molecule has 12 nitrogen and oxygen atoms in total. The number of nitrogens with zero attached hydrogens (tertiary/aromatic N) is 3. The van der Waals surface area contributed by atoms with Gasteiger partial charge in [-0.3, -0.25) is 14.4 Å². The number of rotatable bonds is 5. The Balaban J connectivity index is 2.95. The van der Waals surface area contributed by atoms with E-state index in [0.29, 0.717) is 4.57 Å². The van der Waals surface area contributed by atoms with Crippen LogP contribution in [-0.2, 0) is 29.6 Å². The molecule has 0 amide bonds. The molecule has 0 radical (unpaired) electrons. The molecule has 142 valence electrons. The maximum atomic E-state index is 12.6. The molecule has 1 aromatic rings. The number of nitrogens with two attached hydrogens (primary N) is 1. The van der Waals surface area contributed by atoms with Crippen molar-refractivity contribution in [2.45, 2.75) is 44.3 Å². The Bertz CT molecular complexity index is 823. The second-order valence-corrected chi connectivity index (χ2v) is 5.74. The molecule has 0 unspecified atom stereocenters. The summed E-state index contributed by atoms with van der Waals surface area (Å²) in [5, 5.41) is 20.1. The van der Waals surface area contributed by atoms with Gasteiger partial charge in [-0.05, 0) is 13.8 Å². The van der Waals surface area contributed by atoms with E-state index in [1.54, 1.807) is 0 Å². The van der Waals surface area contributed by atoms with Gasteiger partial charge in [-0.2, -0.15) is 4.98 Å². The minimum atomic E-state index is -2.65. The standard InChI is InChI=1S/C14H18N4O8/c1-6(20)13(25-8(3)22)10(23)9(4-19)26-14(13,7(2)21)18-5-16-11(15)17-12(18)24/h5,9-10,19,23H,4H2,1-3H3,(H2,15,17,24)/t9-,10-,13-,14-/m1/s1. The highest BCUT2D eigenvalue weighted by molar-refractivity contribution is 5.98. The van der Waals surface area contributed by atoms with Crippen molar-refractivity contribution in [3.05, 3.63) is 16.8 Å². The van der Waals surface area contributed by atoms with Gasteiger partial charge in [0.25, 0.3) is 11.3 Å². The molecule has 0 saturated carbocycles. The molecule has 1 aromatic heterocycles. The number of nitrogen functional groups attached to an aromatic ring is 1. The fourth-order valence-corrected chi connectivity index (χ4v) is 3.16. The van der Waals surface area contributed by atoms with Crippen LogP contribution in [0.1, 0.15) is 20.8 Å². The second kappa shape index (κ2) is 6.55. The first kappa shape index (κ1) is 19.6. The summed E-state index contributed by atoms with van der Waals surface area (Å²) < 4.78 is 11.0. The predicted octanol–water partition coefficient (Wildman–Crippen LogP) is -2.89. The van der Waals surface area contributed by atoms with Crippen molar-refractivity contribution in [2.24, 2.45) is 0 Å². The number of hydrogen-bond donors (Lipinski definition) is 3. The summed E-state index contributed by atoms with van der Waals surface area (Å²) in [6, 6.07) is 0. The average molecular weight is 370 g/mol. The van der Waals surface area contributed by atoms with Crippen molar-refractivity contribution in [3.8, 4) is 0 Å². The quantitative estimate of drug-likeness (QED) is 0.452. The van der Waals surface area contributed by atoms with Gasteiger partial charge in [0.15, 0.2) is 11.6 Å². The lowest BCUT2D eigenvalue weighted by Crippen LogP contribution is -2.68. The first-order chi connectivity index (χ1) is 12.0. The van der Waals surface area contributed by atoms with E-state index in [2.05, 4.69) is 9.97 Å². The Morgan fingerprint density at radius 2 is 1.96 bits per heavy atom. The molecule has 0 bridgehead atoms. The molecule has 4 atom stereocenters. The van der Waals surface area contributed by atoms with Crippen molar-refractivity contribution in [3.63, 3.8) is 0 Å². The summed E-state index contributed by atoms with van der Waals surface area (Å²) in [5.74, 6) is -3.41. The van der Waals surface area contributed by atoms with E-state index in [9.17, 15) is 29.4 Å². The number of ketones is 2. The summed E-state index contributed by atoms with van der Waals surface area (Å²) in [6.07, 6.45) is -2.70. The molecule has 12 heteroatoms. The minimum Gasteiger partial charge on any atom is -0.442 e. The molecule has 2 heterocycles. The zero-order valence-electron chi connectivity index (χ0n) is 14.2. The van der Waals surface area contributed by atoms with E-state index >= 15 is 0 Å². The number of carbonyl (C=O) groups excluding carboxylic acids is 3. The lowest BCUT2D eigenvalue weighted by atomic mass is 9.79. The van der Waals surface area contributed by atoms with Crippen molar-refractivity contribution in [1.29, 1.82) is 0 Å². The fourth-order valence-electron chi connectivity index (χ4n) is 3.16. The Hall–Kier alpha value is -2.70. The van der Waals surface area contributed by atoms with Gasteiger partial charge in [0, 0.05) is 6.92 Å². The molecule has 1 fully saturated rings. The van der Waals surface area contributed by atoms with E-state index in [4.69, 9.17) is 15.2 Å². The maximum absolute atomic E-state index is 12.6. The van der Waals surface area contributed by atoms with Crippen LogP contribution in [0.25, 0.3) is 0 Å². The van der Waals surface area contributed by atoms with Crippen molar-refractivity contribution in [1.82, 2.24) is 14.5 Å². The van der Waals surface area contributed by atoms with Gasteiger partial charge in [-0.15, -0.1) is 0 Å².